The van der Waals surface area contributed by atoms with Crippen LogP contribution in [0.1, 0.15) is 323 Å². The van der Waals surface area contributed by atoms with Gasteiger partial charge in [-0.2, -0.15) is 0 Å². The Morgan fingerprint density at radius 2 is 0.507 bits per heavy atom. The third-order valence-corrected chi connectivity index (χ3v) is 14.3. The van der Waals surface area contributed by atoms with Crippen molar-refractivity contribution in [1.82, 2.24) is 0 Å². The third kappa shape index (κ3) is 68.5. The summed E-state index contributed by atoms with van der Waals surface area (Å²) in [5.41, 5.74) is 0. The maximum absolute atomic E-state index is 10.8. The molecule has 0 heterocycles. The first-order valence-electron chi connectivity index (χ1n) is 29.5. The van der Waals surface area contributed by atoms with Gasteiger partial charge in [-0.3, -0.25) is 8.37 Å². The first-order chi connectivity index (χ1) is 33.0. The molecule has 0 rings (SSSR count). The molecule has 2 unspecified atom stereocenters. The first-order valence-corrected chi connectivity index (χ1v) is 32.2. The van der Waals surface area contributed by atoms with E-state index in [4.69, 9.17) is 0 Å². The van der Waals surface area contributed by atoms with Gasteiger partial charge in [0.1, 0.15) is 0 Å². The quantitative estimate of drug-likeness (QED) is 0.0193. The van der Waals surface area contributed by atoms with E-state index in [1.807, 2.05) is 0 Å². The molecule has 2 atom stereocenters. The summed E-state index contributed by atoms with van der Waals surface area (Å²) in [5, 5.41) is 0. The fourth-order valence-corrected chi connectivity index (χ4v) is 9.71. The zero-order valence-electron chi connectivity index (χ0n) is 46.2. The Balaban J connectivity index is -0.00000124. The van der Waals surface area contributed by atoms with E-state index in [0.29, 0.717) is 0 Å². The standard InChI is InChI=1S/2C29H58O4S.Ca/c2*1-3-5-7-9-11-12-13-14-15-16-17-18-19-20-21-23-25-27-29(28-33-34(30,31)32)26-24-22-10-8-6-4-2;/h2*25,27,29H,3-24,26,28H2,1-2H3,(H,30,31,32);/q;;+2/p-2/b2*27-25+;. The summed E-state index contributed by atoms with van der Waals surface area (Å²) >= 11 is 0. The predicted octanol–water partition coefficient (Wildman–Crippen LogP) is 18.9. The summed E-state index contributed by atoms with van der Waals surface area (Å²) < 4.78 is 74.0. The zero-order chi connectivity index (χ0) is 50.3. The molecule has 0 aromatic heterocycles. The second kappa shape index (κ2) is 59.4. The number of allylic oxidation sites excluding steroid dienone is 2. The molecule has 0 spiro atoms. The van der Waals surface area contributed by atoms with Gasteiger partial charge >= 0.3 is 37.7 Å². The van der Waals surface area contributed by atoms with E-state index in [1.54, 1.807) is 0 Å². The van der Waals surface area contributed by atoms with E-state index in [1.165, 1.54) is 244 Å². The summed E-state index contributed by atoms with van der Waals surface area (Å²) in [7, 11) is -9.22. The molecular formula is C58H114CaO8S2. The van der Waals surface area contributed by atoms with Crippen LogP contribution < -0.4 is 0 Å². The Kier molecular flexibility index (Phi) is 63.4. The molecule has 0 bridgehead atoms. The Bertz CT molecular complexity index is 1160. The molecule has 0 aliphatic heterocycles. The van der Waals surface area contributed by atoms with E-state index in [0.717, 1.165) is 51.4 Å². The van der Waals surface area contributed by atoms with Gasteiger partial charge in [0.05, 0.1) is 13.2 Å². The Labute approximate surface area is 461 Å². The Hall–Kier alpha value is 0.480. The van der Waals surface area contributed by atoms with E-state index in [2.05, 4.69) is 60.4 Å². The van der Waals surface area contributed by atoms with Crippen LogP contribution in [0.25, 0.3) is 0 Å². The van der Waals surface area contributed by atoms with Crippen molar-refractivity contribution < 1.29 is 34.3 Å². The second-order valence-electron chi connectivity index (χ2n) is 20.4. The van der Waals surface area contributed by atoms with Gasteiger partial charge in [0.15, 0.2) is 0 Å². The zero-order valence-corrected chi connectivity index (χ0v) is 50.0. The van der Waals surface area contributed by atoms with Crippen molar-refractivity contribution in [3.05, 3.63) is 24.3 Å². The van der Waals surface area contributed by atoms with Crippen molar-refractivity contribution in [1.29, 1.82) is 0 Å². The molecule has 0 saturated heterocycles. The van der Waals surface area contributed by atoms with Gasteiger partial charge in [0.25, 0.3) is 0 Å². The Morgan fingerprint density at radius 1 is 0.319 bits per heavy atom. The van der Waals surface area contributed by atoms with E-state index in [9.17, 15) is 25.9 Å². The number of hydrogen-bond donors (Lipinski definition) is 0. The smallest absolute Gasteiger partial charge is 0.726 e. The van der Waals surface area contributed by atoms with Crippen LogP contribution in [0.4, 0.5) is 0 Å². The molecular weight excluding hydrogens is 929 g/mol. The minimum atomic E-state index is -4.61. The van der Waals surface area contributed by atoms with E-state index >= 15 is 0 Å². The molecule has 11 heteroatoms. The third-order valence-electron chi connectivity index (χ3n) is 13.5. The van der Waals surface area contributed by atoms with Crippen LogP contribution in [0.2, 0.25) is 0 Å². The van der Waals surface area contributed by atoms with Gasteiger partial charge < -0.3 is 9.11 Å². The van der Waals surface area contributed by atoms with E-state index in [-0.39, 0.29) is 62.8 Å². The molecule has 0 aliphatic carbocycles. The number of hydrogen-bond acceptors (Lipinski definition) is 8. The van der Waals surface area contributed by atoms with Crippen LogP contribution in [0.3, 0.4) is 0 Å². The topological polar surface area (TPSA) is 133 Å². The average molecular weight is 1040 g/mol. The van der Waals surface area contributed by atoms with Crippen molar-refractivity contribution >= 4 is 58.5 Å². The SMILES string of the molecule is CCCCCCCCCCCCCCCCC/C=C/C(CCCCCCCC)COS(=O)(=O)[O-].CCCCCCCCCCCCCCCCC/C=C/C(CCCCCCCC)COS(=O)(=O)[O-].[Ca+2]. The molecule has 69 heavy (non-hydrogen) atoms. The molecule has 0 aromatic rings. The van der Waals surface area contributed by atoms with Crippen LogP contribution >= 0.6 is 0 Å². The normalized spacial score (nSPS) is 13.0. The molecule has 0 amide bonds. The molecule has 0 saturated carbocycles. The first kappa shape index (κ1) is 73.7. The fourth-order valence-electron chi connectivity index (χ4n) is 9.03. The van der Waals surface area contributed by atoms with Crippen molar-refractivity contribution in [3.8, 4) is 0 Å². The summed E-state index contributed by atoms with van der Waals surface area (Å²) in [6.45, 7) is 8.93. The second-order valence-corrected chi connectivity index (χ2v) is 22.5. The maximum Gasteiger partial charge on any atom is 2.00 e. The number of unbranched alkanes of at least 4 members (excludes halogenated alkanes) is 40. The van der Waals surface area contributed by atoms with Gasteiger partial charge in [0, 0.05) is 11.8 Å². The van der Waals surface area contributed by atoms with Gasteiger partial charge in [-0.1, -0.05) is 309 Å². The minimum absolute atomic E-state index is 0. The van der Waals surface area contributed by atoms with Crippen molar-refractivity contribution in [2.45, 2.75) is 323 Å². The molecule has 8 nitrogen and oxygen atoms in total. The molecule has 0 aliphatic rings. The van der Waals surface area contributed by atoms with Crippen molar-refractivity contribution in [3.63, 3.8) is 0 Å². The molecule has 408 valence electrons. The summed E-state index contributed by atoms with van der Waals surface area (Å²) in [5.74, 6) is 0.0393. The molecule has 0 N–H and O–H groups in total. The van der Waals surface area contributed by atoms with E-state index < -0.39 is 20.8 Å². The molecule has 0 fully saturated rings. The maximum atomic E-state index is 10.8. The van der Waals surface area contributed by atoms with Crippen molar-refractivity contribution in [2.75, 3.05) is 13.2 Å². The van der Waals surface area contributed by atoms with Gasteiger partial charge in [-0.15, -0.1) is 0 Å². The molecule has 0 aromatic carbocycles. The Morgan fingerprint density at radius 3 is 0.710 bits per heavy atom. The molecule has 0 radical (unpaired) electrons. The van der Waals surface area contributed by atoms with Gasteiger partial charge in [-0.05, 0) is 38.5 Å². The van der Waals surface area contributed by atoms with Gasteiger partial charge in [0.2, 0.25) is 20.8 Å². The van der Waals surface area contributed by atoms with Gasteiger partial charge in [-0.25, -0.2) is 16.8 Å². The van der Waals surface area contributed by atoms with Crippen LogP contribution in [0.5, 0.6) is 0 Å². The van der Waals surface area contributed by atoms with Crippen LogP contribution in [-0.4, -0.2) is 76.9 Å². The predicted molar refractivity (Wildman–Crippen MR) is 297 cm³/mol. The summed E-state index contributed by atoms with van der Waals surface area (Å²) in [6.07, 6.45) is 67.8. The summed E-state index contributed by atoms with van der Waals surface area (Å²) in [4.78, 5) is 0. The van der Waals surface area contributed by atoms with Crippen molar-refractivity contribution in [2.24, 2.45) is 11.8 Å². The van der Waals surface area contributed by atoms with Crippen LogP contribution in [-0.2, 0) is 29.2 Å². The van der Waals surface area contributed by atoms with Crippen LogP contribution in [0.15, 0.2) is 24.3 Å². The largest absolute Gasteiger partial charge is 2.00 e. The fraction of sp³-hybridized carbons (Fsp3) is 0.931. The average Bonchev–Trinajstić information content (AvgIpc) is 3.30. The monoisotopic (exact) mass is 1040 g/mol. The minimum Gasteiger partial charge on any atom is -0.726 e. The van der Waals surface area contributed by atoms with Crippen LogP contribution in [0, 0.1) is 11.8 Å². The number of rotatable bonds is 54. The summed E-state index contributed by atoms with van der Waals surface area (Å²) in [6, 6.07) is 0.